The van der Waals surface area contributed by atoms with Gasteiger partial charge in [0.1, 0.15) is 5.76 Å². The second-order valence-electron chi connectivity index (χ2n) is 3.37. The first-order valence-electron chi connectivity index (χ1n) is 4.92. The summed E-state index contributed by atoms with van der Waals surface area (Å²) in [6.07, 6.45) is 3.03. The van der Waals surface area contributed by atoms with Crippen molar-refractivity contribution in [1.29, 1.82) is 0 Å². The van der Waals surface area contributed by atoms with Crippen molar-refractivity contribution in [3.05, 3.63) is 11.3 Å². The molecule has 3 N–H and O–H groups in total. The van der Waals surface area contributed by atoms with Gasteiger partial charge in [-0.2, -0.15) is 0 Å². The Balaban J connectivity index is 2.94. The van der Waals surface area contributed by atoms with Gasteiger partial charge in [-0.05, 0) is 19.3 Å². The van der Waals surface area contributed by atoms with Gasteiger partial charge in [0.05, 0.1) is 11.3 Å². The van der Waals surface area contributed by atoms with Crippen LogP contribution in [0.4, 0.5) is 0 Å². The molecule has 0 atom stereocenters. The number of carbonyl (C=O) groups excluding carboxylic acids is 1. The van der Waals surface area contributed by atoms with Gasteiger partial charge < -0.3 is 10.8 Å². The number of aliphatic hydroxyl groups is 1. The Morgan fingerprint density at radius 2 is 2.29 bits per heavy atom. The average molecular weight is 196 g/mol. The summed E-state index contributed by atoms with van der Waals surface area (Å²) >= 11 is 0. The van der Waals surface area contributed by atoms with E-state index in [0.717, 1.165) is 19.3 Å². The SMILES string of the molecule is CCCN=C1CCCC(O)=C1C(N)=O. The first-order chi connectivity index (χ1) is 6.66. The third-order valence-corrected chi connectivity index (χ3v) is 2.18. The van der Waals surface area contributed by atoms with Crippen LogP contribution in [-0.2, 0) is 4.79 Å². The summed E-state index contributed by atoms with van der Waals surface area (Å²) in [7, 11) is 0. The molecule has 0 bridgehead atoms. The molecule has 0 aromatic heterocycles. The molecule has 0 spiro atoms. The summed E-state index contributed by atoms with van der Waals surface area (Å²) in [4.78, 5) is 15.3. The second-order valence-corrected chi connectivity index (χ2v) is 3.37. The lowest BCUT2D eigenvalue weighted by Gasteiger charge is -2.16. The van der Waals surface area contributed by atoms with Crippen molar-refractivity contribution in [2.24, 2.45) is 10.7 Å². The Kier molecular flexibility index (Phi) is 3.68. The predicted octanol–water partition coefficient (Wildman–Crippen LogP) is 1.32. The monoisotopic (exact) mass is 196 g/mol. The van der Waals surface area contributed by atoms with E-state index in [1.165, 1.54) is 0 Å². The van der Waals surface area contributed by atoms with Crippen LogP contribution >= 0.6 is 0 Å². The standard InChI is InChI=1S/C10H16N2O2/c1-2-6-12-7-4-3-5-8(13)9(7)10(11)14/h13H,2-6H2,1H3,(H2,11,14). The highest BCUT2D eigenvalue weighted by Crippen LogP contribution is 2.20. The fraction of sp³-hybridized carbons (Fsp3) is 0.600. The van der Waals surface area contributed by atoms with Crippen LogP contribution in [0.15, 0.2) is 16.3 Å². The van der Waals surface area contributed by atoms with E-state index in [1.54, 1.807) is 0 Å². The summed E-state index contributed by atoms with van der Waals surface area (Å²) in [5.74, 6) is -0.476. The molecule has 0 aromatic carbocycles. The molecule has 0 saturated carbocycles. The number of hydrogen-bond donors (Lipinski definition) is 2. The Bertz CT molecular complexity index is 292. The van der Waals surface area contributed by atoms with Gasteiger partial charge in [0.2, 0.25) is 0 Å². The molecular formula is C10H16N2O2. The minimum absolute atomic E-state index is 0.0959. The molecule has 4 heteroatoms. The van der Waals surface area contributed by atoms with Crippen LogP contribution in [0.25, 0.3) is 0 Å². The van der Waals surface area contributed by atoms with Crippen LogP contribution in [0.2, 0.25) is 0 Å². The normalized spacial score (nSPS) is 20.2. The van der Waals surface area contributed by atoms with Gasteiger partial charge in [0, 0.05) is 13.0 Å². The first-order valence-corrected chi connectivity index (χ1v) is 4.92. The van der Waals surface area contributed by atoms with Gasteiger partial charge in [0.15, 0.2) is 0 Å². The molecule has 0 heterocycles. The average Bonchev–Trinajstić information content (AvgIpc) is 2.14. The maximum atomic E-state index is 11.1. The zero-order valence-electron chi connectivity index (χ0n) is 8.42. The predicted molar refractivity (Wildman–Crippen MR) is 55.3 cm³/mol. The Hall–Kier alpha value is -1.32. The Labute approximate surface area is 83.5 Å². The van der Waals surface area contributed by atoms with Crippen molar-refractivity contribution in [3.8, 4) is 0 Å². The minimum Gasteiger partial charge on any atom is -0.511 e. The van der Waals surface area contributed by atoms with Crippen molar-refractivity contribution in [1.82, 2.24) is 0 Å². The molecule has 78 valence electrons. The smallest absolute Gasteiger partial charge is 0.253 e. The van der Waals surface area contributed by atoms with E-state index in [-0.39, 0.29) is 11.3 Å². The quantitative estimate of drug-likeness (QED) is 0.714. The van der Waals surface area contributed by atoms with E-state index in [9.17, 15) is 9.90 Å². The molecule has 1 rings (SSSR count). The number of allylic oxidation sites excluding steroid dienone is 1. The van der Waals surface area contributed by atoms with Crippen LogP contribution < -0.4 is 5.73 Å². The van der Waals surface area contributed by atoms with Crippen LogP contribution in [0, 0.1) is 0 Å². The van der Waals surface area contributed by atoms with Gasteiger partial charge in [0.25, 0.3) is 5.91 Å². The maximum absolute atomic E-state index is 11.1. The van der Waals surface area contributed by atoms with Crippen molar-refractivity contribution in [2.75, 3.05) is 6.54 Å². The summed E-state index contributed by atoms with van der Waals surface area (Å²) < 4.78 is 0. The molecule has 1 aliphatic carbocycles. The van der Waals surface area contributed by atoms with E-state index in [0.29, 0.717) is 18.7 Å². The number of rotatable bonds is 3. The third kappa shape index (κ3) is 2.34. The van der Waals surface area contributed by atoms with Gasteiger partial charge >= 0.3 is 0 Å². The molecule has 4 nitrogen and oxygen atoms in total. The highest BCUT2D eigenvalue weighted by Gasteiger charge is 2.22. The van der Waals surface area contributed by atoms with Crippen molar-refractivity contribution in [3.63, 3.8) is 0 Å². The van der Waals surface area contributed by atoms with Gasteiger partial charge in [-0.15, -0.1) is 0 Å². The molecule has 1 aliphatic rings. The van der Waals surface area contributed by atoms with Gasteiger partial charge in [-0.1, -0.05) is 6.92 Å². The van der Waals surface area contributed by atoms with E-state index < -0.39 is 5.91 Å². The summed E-state index contributed by atoms with van der Waals surface area (Å²) in [6, 6.07) is 0. The molecular weight excluding hydrogens is 180 g/mol. The number of amides is 1. The van der Waals surface area contributed by atoms with Crippen LogP contribution in [0.5, 0.6) is 0 Å². The van der Waals surface area contributed by atoms with E-state index in [1.807, 2.05) is 6.92 Å². The number of nitrogens with zero attached hydrogens (tertiary/aromatic N) is 1. The zero-order chi connectivity index (χ0) is 10.6. The topological polar surface area (TPSA) is 75.7 Å². The van der Waals surface area contributed by atoms with Gasteiger partial charge in [-0.25, -0.2) is 0 Å². The highest BCUT2D eigenvalue weighted by molar-refractivity contribution is 6.21. The number of primary amides is 1. The Morgan fingerprint density at radius 3 is 2.86 bits per heavy atom. The first kappa shape index (κ1) is 10.8. The number of aliphatic hydroxyl groups excluding tert-OH is 1. The fourth-order valence-electron chi connectivity index (χ4n) is 1.53. The number of aliphatic imine (C=N–C) groups is 1. The molecule has 0 aliphatic heterocycles. The summed E-state index contributed by atoms with van der Waals surface area (Å²) in [5, 5.41) is 9.51. The van der Waals surface area contributed by atoms with Crippen LogP contribution in [0.1, 0.15) is 32.6 Å². The molecule has 0 unspecified atom stereocenters. The molecule has 0 radical (unpaired) electrons. The van der Waals surface area contributed by atoms with Crippen molar-refractivity contribution >= 4 is 11.6 Å². The van der Waals surface area contributed by atoms with Gasteiger partial charge in [-0.3, -0.25) is 9.79 Å². The third-order valence-electron chi connectivity index (χ3n) is 2.18. The van der Waals surface area contributed by atoms with Crippen molar-refractivity contribution < 1.29 is 9.90 Å². The number of nitrogens with two attached hydrogens (primary N) is 1. The highest BCUT2D eigenvalue weighted by atomic mass is 16.3. The summed E-state index contributed by atoms with van der Waals surface area (Å²) in [5.41, 5.74) is 6.09. The number of carbonyl (C=O) groups is 1. The lowest BCUT2D eigenvalue weighted by atomic mass is 9.95. The summed E-state index contributed by atoms with van der Waals surface area (Å²) in [6.45, 7) is 2.69. The van der Waals surface area contributed by atoms with Crippen LogP contribution in [-0.4, -0.2) is 23.3 Å². The molecule has 1 amide bonds. The van der Waals surface area contributed by atoms with Crippen LogP contribution in [0.3, 0.4) is 0 Å². The molecule has 0 aromatic rings. The van der Waals surface area contributed by atoms with Crippen molar-refractivity contribution in [2.45, 2.75) is 32.6 Å². The molecule has 14 heavy (non-hydrogen) atoms. The fourth-order valence-corrected chi connectivity index (χ4v) is 1.53. The molecule has 0 fully saturated rings. The lowest BCUT2D eigenvalue weighted by molar-refractivity contribution is -0.114. The largest absolute Gasteiger partial charge is 0.511 e. The maximum Gasteiger partial charge on any atom is 0.253 e. The second kappa shape index (κ2) is 4.79. The van der Waals surface area contributed by atoms with E-state index >= 15 is 0 Å². The lowest BCUT2D eigenvalue weighted by Crippen LogP contribution is -2.25. The zero-order valence-corrected chi connectivity index (χ0v) is 8.42. The van der Waals surface area contributed by atoms with E-state index in [2.05, 4.69) is 4.99 Å². The number of hydrogen-bond acceptors (Lipinski definition) is 3. The van der Waals surface area contributed by atoms with E-state index in [4.69, 9.17) is 5.73 Å². The Morgan fingerprint density at radius 1 is 1.57 bits per heavy atom. The minimum atomic E-state index is -0.572. The molecule has 0 saturated heterocycles.